The van der Waals surface area contributed by atoms with Gasteiger partial charge in [0.15, 0.2) is 0 Å². The molecule has 1 unspecified atom stereocenters. The lowest BCUT2D eigenvalue weighted by Gasteiger charge is -2.08. The van der Waals surface area contributed by atoms with E-state index in [2.05, 4.69) is 13.5 Å². The monoisotopic (exact) mass is 166 g/mol. The lowest BCUT2D eigenvalue weighted by atomic mass is 9.98. The normalized spacial score (nSPS) is 19.1. The standard InChI is InChI=1S/C12H22/c1-3-4-5-6-7-8-11(2)12-9-10-12/h3,11-12H,1,4-10H2,2H3. The van der Waals surface area contributed by atoms with Crippen molar-refractivity contribution in [2.45, 2.75) is 51.9 Å². The Morgan fingerprint density at radius 3 is 2.67 bits per heavy atom. The van der Waals surface area contributed by atoms with Crippen molar-refractivity contribution >= 4 is 0 Å². The quantitative estimate of drug-likeness (QED) is 0.393. The van der Waals surface area contributed by atoms with Crippen LogP contribution in [0.25, 0.3) is 0 Å². The Hall–Kier alpha value is -0.260. The minimum absolute atomic E-state index is 1.01. The van der Waals surface area contributed by atoms with Gasteiger partial charge < -0.3 is 0 Å². The van der Waals surface area contributed by atoms with Gasteiger partial charge in [0.25, 0.3) is 0 Å². The highest BCUT2D eigenvalue weighted by Crippen LogP contribution is 2.38. The van der Waals surface area contributed by atoms with Gasteiger partial charge in [0.05, 0.1) is 0 Å². The maximum atomic E-state index is 3.73. The van der Waals surface area contributed by atoms with E-state index in [4.69, 9.17) is 0 Å². The van der Waals surface area contributed by atoms with Crippen molar-refractivity contribution in [1.82, 2.24) is 0 Å². The number of rotatable bonds is 7. The molecule has 0 heteroatoms. The first-order chi connectivity index (χ1) is 5.84. The van der Waals surface area contributed by atoms with Gasteiger partial charge in [-0.3, -0.25) is 0 Å². The zero-order valence-electron chi connectivity index (χ0n) is 8.39. The molecule has 0 spiro atoms. The van der Waals surface area contributed by atoms with Gasteiger partial charge in [0.1, 0.15) is 0 Å². The topological polar surface area (TPSA) is 0 Å². The molecule has 70 valence electrons. The summed E-state index contributed by atoms with van der Waals surface area (Å²) in [6.45, 7) is 6.15. The summed E-state index contributed by atoms with van der Waals surface area (Å²) in [5.74, 6) is 2.11. The Morgan fingerprint density at radius 1 is 1.33 bits per heavy atom. The van der Waals surface area contributed by atoms with Crippen molar-refractivity contribution in [2.75, 3.05) is 0 Å². The van der Waals surface area contributed by atoms with E-state index in [1.54, 1.807) is 0 Å². The molecule has 1 rings (SSSR count). The van der Waals surface area contributed by atoms with E-state index in [-0.39, 0.29) is 0 Å². The van der Waals surface area contributed by atoms with E-state index in [1.165, 1.54) is 44.9 Å². The molecule has 1 saturated carbocycles. The highest BCUT2D eigenvalue weighted by atomic mass is 14.3. The fraction of sp³-hybridized carbons (Fsp3) is 0.833. The lowest BCUT2D eigenvalue weighted by Crippen LogP contribution is -1.96. The second kappa shape index (κ2) is 5.40. The van der Waals surface area contributed by atoms with Crippen LogP contribution in [0.15, 0.2) is 12.7 Å². The third-order valence-electron chi connectivity index (χ3n) is 2.99. The van der Waals surface area contributed by atoms with E-state index in [0.29, 0.717) is 0 Å². The maximum absolute atomic E-state index is 3.73. The zero-order chi connectivity index (χ0) is 8.81. The number of hydrogen-bond acceptors (Lipinski definition) is 0. The number of unbranched alkanes of at least 4 members (excludes halogenated alkanes) is 3. The molecule has 0 bridgehead atoms. The van der Waals surface area contributed by atoms with Gasteiger partial charge in [-0.15, -0.1) is 6.58 Å². The maximum Gasteiger partial charge on any atom is -0.0353 e. The summed E-state index contributed by atoms with van der Waals surface area (Å²) in [7, 11) is 0. The molecular formula is C12H22. The fourth-order valence-electron chi connectivity index (χ4n) is 1.83. The van der Waals surface area contributed by atoms with Crippen LogP contribution in [0.1, 0.15) is 51.9 Å². The average molecular weight is 166 g/mol. The van der Waals surface area contributed by atoms with Gasteiger partial charge in [-0.25, -0.2) is 0 Å². The van der Waals surface area contributed by atoms with Crippen LogP contribution in [0.5, 0.6) is 0 Å². The van der Waals surface area contributed by atoms with Crippen LogP contribution in [0, 0.1) is 11.8 Å². The molecule has 1 fully saturated rings. The lowest BCUT2D eigenvalue weighted by molar-refractivity contribution is 0.442. The molecule has 0 aromatic heterocycles. The molecule has 12 heavy (non-hydrogen) atoms. The van der Waals surface area contributed by atoms with Gasteiger partial charge in [0, 0.05) is 0 Å². The van der Waals surface area contributed by atoms with Gasteiger partial charge in [-0.05, 0) is 37.5 Å². The second-order valence-electron chi connectivity index (χ2n) is 4.24. The Kier molecular flexibility index (Phi) is 4.42. The summed E-state index contributed by atoms with van der Waals surface area (Å²) in [4.78, 5) is 0. The Labute approximate surface area is 77.1 Å². The first kappa shape index (κ1) is 9.83. The van der Waals surface area contributed by atoms with Crippen molar-refractivity contribution in [2.24, 2.45) is 11.8 Å². The Morgan fingerprint density at radius 2 is 2.08 bits per heavy atom. The minimum Gasteiger partial charge on any atom is -0.103 e. The third kappa shape index (κ3) is 3.94. The molecular weight excluding hydrogens is 144 g/mol. The SMILES string of the molecule is C=CCCCCCC(C)C1CC1. The molecule has 0 amide bonds. The predicted octanol–water partition coefficient (Wildman–Crippen LogP) is 4.17. The minimum atomic E-state index is 1.01. The molecule has 0 N–H and O–H groups in total. The molecule has 1 aliphatic rings. The van der Waals surface area contributed by atoms with Crippen molar-refractivity contribution in [3.63, 3.8) is 0 Å². The second-order valence-corrected chi connectivity index (χ2v) is 4.24. The van der Waals surface area contributed by atoms with Crippen LogP contribution >= 0.6 is 0 Å². The fourth-order valence-corrected chi connectivity index (χ4v) is 1.83. The Bertz CT molecular complexity index is 122. The van der Waals surface area contributed by atoms with E-state index in [1.807, 2.05) is 6.08 Å². The van der Waals surface area contributed by atoms with E-state index in [0.717, 1.165) is 11.8 Å². The van der Waals surface area contributed by atoms with Crippen LogP contribution in [0.2, 0.25) is 0 Å². The van der Waals surface area contributed by atoms with E-state index >= 15 is 0 Å². The third-order valence-corrected chi connectivity index (χ3v) is 2.99. The van der Waals surface area contributed by atoms with Crippen LogP contribution in [0.4, 0.5) is 0 Å². The van der Waals surface area contributed by atoms with E-state index < -0.39 is 0 Å². The molecule has 0 nitrogen and oxygen atoms in total. The van der Waals surface area contributed by atoms with Crippen LogP contribution in [0.3, 0.4) is 0 Å². The van der Waals surface area contributed by atoms with E-state index in [9.17, 15) is 0 Å². The van der Waals surface area contributed by atoms with Gasteiger partial charge in [-0.1, -0.05) is 32.3 Å². The summed E-state index contributed by atoms with van der Waals surface area (Å²) in [5, 5.41) is 0. The van der Waals surface area contributed by atoms with Crippen molar-refractivity contribution in [3.05, 3.63) is 12.7 Å². The average Bonchev–Trinajstić information content (AvgIpc) is 2.86. The summed E-state index contributed by atoms with van der Waals surface area (Å²) in [5.41, 5.74) is 0. The van der Waals surface area contributed by atoms with Gasteiger partial charge >= 0.3 is 0 Å². The molecule has 0 aromatic rings. The van der Waals surface area contributed by atoms with Crippen molar-refractivity contribution in [3.8, 4) is 0 Å². The number of hydrogen-bond donors (Lipinski definition) is 0. The smallest absolute Gasteiger partial charge is 0.0353 e. The summed E-state index contributed by atoms with van der Waals surface area (Å²) in [6, 6.07) is 0. The molecule has 0 aromatic carbocycles. The van der Waals surface area contributed by atoms with Crippen LogP contribution in [-0.2, 0) is 0 Å². The molecule has 0 aliphatic heterocycles. The highest BCUT2D eigenvalue weighted by molar-refractivity contribution is 4.78. The molecule has 1 aliphatic carbocycles. The summed E-state index contributed by atoms with van der Waals surface area (Å²) in [6.07, 6.45) is 11.9. The first-order valence-electron chi connectivity index (χ1n) is 5.45. The van der Waals surface area contributed by atoms with Crippen LogP contribution < -0.4 is 0 Å². The summed E-state index contributed by atoms with van der Waals surface area (Å²) < 4.78 is 0. The predicted molar refractivity (Wildman–Crippen MR) is 55.2 cm³/mol. The van der Waals surface area contributed by atoms with Gasteiger partial charge in [-0.2, -0.15) is 0 Å². The Balaban J connectivity index is 1.84. The highest BCUT2D eigenvalue weighted by Gasteiger charge is 2.26. The number of allylic oxidation sites excluding steroid dienone is 1. The summed E-state index contributed by atoms with van der Waals surface area (Å²) >= 11 is 0. The zero-order valence-corrected chi connectivity index (χ0v) is 8.39. The first-order valence-corrected chi connectivity index (χ1v) is 5.45. The molecule has 0 saturated heterocycles. The van der Waals surface area contributed by atoms with Crippen LogP contribution in [-0.4, -0.2) is 0 Å². The van der Waals surface area contributed by atoms with Crippen molar-refractivity contribution in [1.29, 1.82) is 0 Å². The largest absolute Gasteiger partial charge is 0.103 e. The molecule has 0 radical (unpaired) electrons. The van der Waals surface area contributed by atoms with Crippen molar-refractivity contribution < 1.29 is 0 Å². The molecule has 0 heterocycles. The van der Waals surface area contributed by atoms with Gasteiger partial charge in [0.2, 0.25) is 0 Å². The molecule has 1 atom stereocenters.